The molecular weight excluding hydrogens is 504 g/mol. The van der Waals surface area contributed by atoms with Gasteiger partial charge < -0.3 is 14.8 Å². The van der Waals surface area contributed by atoms with Crippen molar-refractivity contribution in [2.75, 3.05) is 6.61 Å². The van der Waals surface area contributed by atoms with Crippen molar-refractivity contribution in [1.29, 1.82) is 0 Å². The maximum atomic E-state index is 12.3. The number of aromatic hydroxyl groups is 1. The number of nitrogens with zero attached hydrogens (tertiary/aromatic N) is 3. The lowest BCUT2D eigenvalue weighted by Gasteiger charge is -2.33. The lowest BCUT2D eigenvalue weighted by atomic mass is 9.72. The molecular formula is C24H27BrN4O5. The number of benzene rings is 2. The highest BCUT2D eigenvalue weighted by Crippen LogP contribution is 2.43. The van der Waals surface area contributed by atoms with Crippen molar-refractivity contribution in [3.63, 3.8) is 0 Å². The van der Waals surface area contributed by atoms with Crippen molar-refractivity contribution in [2.45, 2.75) is 46.5 Å². The minimum atomic E-state index is -0.761. The summed E-state index contributed by atoms with van der Waals surface area (Å²) in [6, 6.07) is 10.3. The number of rotatable bonds is 7. The van der Waals surface area contributed by atoms with Gasteiger partial charge in [-0.1, -0.05) is 52.8 Å². The van der Waals surface area contributed by atoms with E-state index in [9.17, 15) is 20.0 Å². The molecule has 9 nitrogen and oxygen atoms in total. The fourth-order valence-electron chi connectivity index (χ4n) is 4.16. The fourth-order valence-corrected chi connectivity index (χ4v) is 4.72. The van der Waals surface area contributed by atoms with Gasteiger partial charge in [0.1, 0.15) is 0 Å². The summed E-state index contributed by atoms with van der Waals surface area (Å²) in [7, 11) is 0. The summed E-state index contributed by atoms with van der Waals surface area (Å²) in [5.41, 5.74) is 1.01. The van der Waals surface area contributed by atoms with Gasteiger partial charge in [0.05, 0.1) is 14.9 Å². The molecule has 0 fully saturated rings. The van der Waals surface area contributed by atoms with Gasteiger partial charge in [0.2, 0.25) is 11.6 Å². The number of nitrogens with one attached hydrogen (secondary N) is 1. The normalized spacial score (nSPS) is 12.4. The van der Waals surface area contributed by atoms with Crippen LogP contribution in [-0.4, -0.2) is 27.5 Å². The number of para-hydroxylation sites is 1. The Morgan fingerprint density at radius 3 is 2.53 bits per heavy atom. The first-order chi connectivity index (χ1) is 15.8. The molecule has 10 heteroatoms. The van der Waals surface area contributed by atoms with E-state index in [-0.39, 0.29) is 33.8 Å². The highest BCUT2D eigenvalue weighted by molar-refractivity contribution is 9.10. The highest BCUT2D eigenvalue weighted by atomic mass is 79.9. The van der Waals surface area contributed by atoms with Gasteiger partial charge in [0, 0.05) is 11.5 Å². The van der Waals surface area contributed by atoms with E-state index in [1.807, 2.05) is 13.8 Å². The van der Waals surface area contributed by atoms with E-state index in [1.54, 1.807) is 30.3 Å². The van der Waals surface area contributed by atoms with Gasteiger partial charge in [-0.05, 0) is 50.9 Å². The maximum Gasteiger partial charge on any atom is 0.312 e. The van der Waals surface area contributed by atoms with Crippen LogP contribution < -0.4 is 4.74 Å². The Morgan fingerprint density at radius 2 is 1.88 bits per heavy atom. The molecule has 1 aromatic heterocycles. The number of hydrogen-bond donors (Lipinski definition) is 2. The second kappa shape index (κ2) is 9.54. The van der Waals surface area contributed by atoms with Crippen LogP contribution in [0.15, 0.2) is 51.1 Å². The number of nitro groups is 1. The fraction of sp³-hybridized carbons (Fsp3) is 0.375. The number of ether oxygens (including phenoxy) is 1. The molecule has 1 heterocycles. The Bertz CT molecular complexity index is 1270. The summed E-state index contributed by atoms with van der Waals surface area (Å²) in [5.74, 6) is -1.03. The molecule has 2 aromatic carbocycles. The van der Waals surface area contributed by atoms with Gasteiger partial charge in [0.25, 0.3) is 0 Å². The number of H-pyrrole nitrogens is 1. The lowest BCUT2D eigenvalue weighted by molar-refractivity contribution is -0.386. The van der Waals surface area contributed by atoms with E-state index in [0.29, 0.717) is 15.4 Å². The first kappa shape index (κ1) is 25.4. The Hall–Kier alpha value is -3.27. The lowest BCUT2D eigenvalue weighted by Crippen LogP contribution is -2.25. The van der Waals surface area contributed by atoms with Gasteiger partial charge in [-0.3, -0.25) is 14.9 Å². The largest absolute Gasteiger partial charge is 0.493 e. The third-order valence-electron chi connectivity index (χ3n) is 5.24. The van der Waals surface area contributed by atoms with E-state index < -0.39 is 17.4 Å². The van der Waals surface area contributed by atoms with E-state index in [1.165, 1.54) is 6.07 Å². The van der Waals surface area contributed by atoms with Crippen molar-refractivity contribution in [2.24, 2.45) is 15.6 Å². The standard InChI is InChI=1S/C24H27BrN4O5/c1-23(2,3)13-24(4,5)14-10-16(25)21(18(11-14)29(32)33)34-12-19(30)27-28-20-15-8-6-7-9-17(15)26-22(20)31/h6-11,26,31H,12-13H2,1-5H3. The van der Waals surface area contributed by atoms with Crippen LogP contribution in [0.5, 0.6) is 11.6 Å². The molecule has 180 valence electrons. The number of amides is 1. The SMILES string of the molecule is CC(C)(C)CC(C)(C)c1cc(Br)c(OCC(=O)N=Nc2c(O)[nH]c3ccccc23)c([N+](=O)[O-])c1. The molecule has 0 radical (unpaired) electrons. The second-order valence-electron chi connectivity index (χ2n) is 9.93. The Labute approximate surface area is 205 Å². The van der Waals surface area contributed by atoms with Gasteiger partial charge in [-0.15, -0.1) is 10.2 Å². The molecule has 0 bridgehead atoms. The number of nitro benzene ring substituents is 1. The molecule has 0 aliphatic rings. The van der Waals surface area contributed by atoms with Gasteiger partial charge >= 0.3 is 11.6 Å². The summed E-state index contributed by atoms with van der Waals surface area (Å²) < 4.78 is 5.86. The molecule has 0 spiro atoms. The van der Waals surface area contributed by atoms with Crippen LogP contribution in [0.2, 0.25) is 0 Å². The van der Waals surface area contributed by atoms with Crippen LogP contribution in [0.4, 0.5) is 11.4 Å². The molecule has 0 aliphatic carbocycles. The Balaban J connectivity index is 1.81. The summed E-state index contributed by atoms with van der Waals surface area (Å²) in [6.45, 7) is 9.86. The quantitative estimate of drug-likeness (QED) is 0.194. The van der Waals surface area contributed by atoms with E-state index in [4.69, 9.17) is 4.74 Å². The minimum Gasteiger partial charge on any atom is -0.493 e. The highest BCUT2D eigenvalue weighted by Gasteiger charge is 2.31. The second-order valence-corrected chi connectivity index (χ2v) is 10.8. The average molecular weight is 531 g/mol. The van der Waals surface area contributed by atoms with Crippen molar-refractivity contribution in [3.05, 3.63) is 56.5 Å². The van der Waals surface area contributed by atoms with Crippen LogP contribution in [0.25, 0.3) is 10.9 Å². The number of fused-ring (bicyclic) bond motifs is 1. The Kier molecular flexibility index (Phi) is 7.11. The van der Waals surface area contributed by atoms with Crippen LogP contribution >= 0.6 is 15.9 Å². The topological polar surface area (TPSA) is 130 Å². The zero-order chi connectivity index (χ0) is 25.3. The predicted octanol–water partition coefficient (Wildman–Crippen LogP) is 6.95. The minimum absolute atomic E-state index is 0.0244. The molecule has 3 aromatic rings. The summed E-state index contributed by atoms with van der Waals surface area (Å²) in [4.78, 5) is 26.3. The van der Waals surface area contributed by atoms with Crippen molar-refractivity contribution in [3.8, 4) is 11.6 Å². The number of carbonyl (C=O) groups is 1. The molecule has 3 rings (SSSR count). The van der Waals surface area contributed by atoms with Gasteiger partial charge in [-0.2, -0.15) is 0 Å². The zero-order valence-corrected chi connectivity index (χ0v) is 21.3. The van der Waals surface area contributed by atoms with Gasteiger partial charge in [0.15, 0.2) is 12.3 Å². The van der Waals surface area contributed by atoms with Crippen LogP contribution in [-0.2, 0) is 10.2 Å². The Morgan fingerprint density at radius 1 is 1.21 bits per heavy atom. The van der Waals surface area contributed by atoms with Crippen molar-refractivity contribution < 1.29 is 19.6 Å². The van der Waals surface area contributed by atoms with Gasteiger partial charge in [-0.25, -0.2) is 0 Å². The summed E-state index contributed by atoms with van der Waals surface area (Å²) in [5, 5.41) is 29.8. The van der Waals surface area contributed by atoms with Crippen LogP contribution in [0.3, 0.4) is 0 Å². The third kappa shape index (κ3) is 5.80. The molecule has 0 saturated carbocycles. The van der Waals surface area contributed by atoms with E-state index in [2.05, 4.69) is 51.9 Å². The monoisotopic (exact) mass is 530 g/mol. The maximum absolute atomic E-state index is 12.3. The molecule has 0 unspecified atom stereocenters. The average Bonchev–Trinajstić information content (AvgIpc) is 3.03. The van der Waals surface area contributed by atoms with Crippen molar-refractivity contribution >= 4 is 44.1 Å². The molecule has 1 amide bonds. The molecule has 2 N–H and O–H groups in total. The molecule has 0 atom stereocenters. The summed E-state index contributed by atoms with van der Waals surface area (Å²) >= 11 is 3.36. The number of carbonyl (C=O) groups excluding carboxylic acids is 1. The zero-order valence-electron chi connectivity index (χ0n) is 19.7. The molecule has 0 saturated heterocycles. The third-order valence-corrected chi connectivity index (χ3v) is 5.82. The van der Waals surface area contributed by atoms with Crippen LogP contribution in [0, 0.1) is 15.5 Å². The number of azo groups is 1. The van der Waals surface area contributed by atoms with Crippen LogP contribution in [0.1, 0.15) is 46.6 Å². The smallest absolute Gasteiger partial charge is 0.312 e. The predicted molar refractivity (Wildman–Crippen MR) is 133 cm³/mol. The first-order valence-electron chi connectivity index (χ1n) is 10.6. The van der Waals surface area contributed by atoms with E-state index >= 15 is 0 Å². The molecule has 34 heavy (non-hydrogen) atoms. The number of hydrogen-bond acceptors (Lipinski definition) is 6. The van der Waals surface area contributed by atoms with Crippen molar-refractivity contribution in [1.82, 2.24) is 4.98 Å². The number of aromatic amines is 1. The van der Waals surface area contributed by atoms with E-state index in [0.717, 1.165) is 12.0 Å². The number of halogens is 1. The summed E-state index contributed by atoms with van der Waals surface area (Å²) in [6.07, 6.45) is 0.809. The molecule has 0 aliphatic heterocycles. The first-order valence-corrected chi connectivity index (χ1v) is 11.4. The number of aromatic nitrogens is 1.